The number of benzene rings is 1. The number of nitro groups is 1. The SMILES string of the molecule is CC1(C(=O)O)CCCN(C(=O)Cc2cccc([N+](=O)[O-])c2)C1. The normalized spacial score (nSPS) is 21.4. The number of hydrogen-bond donors (Lipinski definition) is 1. The van der Waals surface area contributed by atoms with Gasteiger partial charge in [-0.05, 0) is 25.3 Å². The van der Waals surface area contributed by atoms with Crippen molar-refractivity contribution in [1.82, 2.24) is 4.90 Å². The molecule has 1 heterocycles. The molecule has 1 unspecified atom stereocenters. The first-order valence-electron chi connectivity index (χ1n) is 7.06. The fourth-order valence-corrected chi connectivity index (χ4v) is 2.69. The largest absolute Gasteiger partial charge is 0.481 e. The molecule has 1 aliphatic rings. The molecule has 1 N–H and O–H groups in total. The Balaban J connectivity index is 2.07. The molecule has 1 saturated heterocycles. The highest BCUT2D eigenvalue weighted by molar-refractivity contribution is 5.81. The van der Waals surface area contributed by atoms with Gasteiger partial charge in [-0.3, -0.25) is 19.7 Å². The Labute approximate surface area is 127 Å². The topological polar surface area (TPSA) is 101 Å². The second-order valence-corrected chi connectivity index (χ2v) is 5.89. The fourth-order valence-electron chi connectivity index (χ4n) is 2.69. The first kappa shape index (κ1) is 15.9. The van der Waals surface area contributed by atoms with Crippen molar-refractivity contribution in [1.29, 1.82) is 0 Å². The van der Waals surface area contributed by atoms with Crippen LogP contribution in [0.1, 0.15) is 25.3 Å². The molecule has 1 aliphatic heterocycles. The average molecular weight is 306 g/mol. The van der Waals surface area contributed by atoms with Crippen molar-refractivity contribution >= 4 is 17.6 Å². The quantitative estimate of drug-likeness (QED) is 0.675. The lowest BCUT2D eigenvalue weighted by atomic mass is 9.82. The third kappa shape index (κ3) is 3.41. The Bertz CT molecular complexity index is 616. The molecule has 0 aliphatic carbocycles. The number of carboxylic acids is 1. The molecule has 7 nitrogen and oxygen atoms in total. The number of aliphatic carboxylic acids is 1. The molecular weight excluding hydrogens is 288 g/mol. The molecule has 118 valence electrons. The van der Waals surface area contributed by atoms with Crippen molar-refractivity contribution in [2.75, 3.05) is 13.1 Å². The van der Waals surface area contributed by atoms with Crippen molar-refractivity contribution in [2.24, 2.45) is 5.41 Å². The van der Waals surface area contributed by atoms with E-state index in [1.54, 1.807) is 13.0 Å². The number of likely N-dealkylation sites (tertiary alicyclic amines) is 1. The Kier molecular flexibility index (Phi) is 4.44. The zero-order valence-corrected chi connectivity index (χ0v) is 12.3. The van der Waals surface area contributed by atoms with Crippen LogP contribution in [-0.4, -0.2) is 39.9 Å². The van der Waals surface area contributed by atoms with Crippen LogP contribution in [0.2, 0.25) is 0 Å². The van der Waals surface area contributed by atoms with Gasteiger partial charge in [-0.25, -0.2) is 0 Å². The van der Waals surface area contributed by atoms with Crippen LogP contribution in [0, 0.1) is 15.5 Å². The Morgan fingerprint density at radius 2 is 2.18 bits per heavy atom. The maximum atomic E-state index is 12.3. The van der Waals surface area contributed by atoms with E-state index in [0.717, 1.165) is 0 Å². The maximum absolute atomic E-state index is 12.3. The van der Waals surface area contributed by atoms with Crippen LogP contribution < -0.4 is 0 Å². The standard InChI is InChI=1S/C15H18N2O5/c1-15(14(19)20)6-3-7-16(10-15)13(18)9-11-4-2-5-12(8-11)17(21)22/h2,4-5,8H,3,6-7,9-10H2,1H3,(H,19,20). The monoisotopic (exact) mass is 306 g/mol. The molecule has 1 fully saturated rings. The van der Waals surface area contributed by atoms with Crippen LogP contribution in [0.25, 0.3) is 0 Å². The number of piperidine rings is 1. The highest BCUT2D eigenvalue weighted by Crippen LogP contribution is 2.30. The lowest BCUT2D eigenvalue weighted by Gasteiger charge is -2.37. The predicted molar refractivity (Wildman–Crippen MR) is 78.4 cm³/mol. The number of carbonyl (C=O) groups excluding carboxylic acids is 1. The first-order chi connectivity index (χ1) is 10.3. The van der Waals surface area contributed by atoms with E-state index in [2.05, 4.69) is 0 Å². The lowest BCUT2D eigenvalue weighted by molar-refractivity contribution is -0.384. The van der Waals surface area contributed by atoms with E-state index in [9.17, 15) is 24.8 Å². The van der Waals surface area contributed by atoms with Gasteiger partial charge in [-0.1, -0.05) is 12.1 Å². The zero-order chi connectivity index (χ0) is 16.3. The molecule has 1 atom stereocenters. The molecule has 7 heteroatoms. The second kappa shape index (κ2) is 6.13. The average Bonchev–Trinajstić information content (AvgIpc) is 2.47. The molecule has 0 radical (unpaired) electrons. The van der Waals surface area contributed by atoms with Crippen molar-refractivity contribution in [3.8, 4) is 0 Å². The second-order valence-electron chi connectivity index (χ2n) is 5.89. The van der Waals surface area contributed by atoms with Crippen molar-refractivity contribution < 1.29 is 19.6 Å². The predicted octanol–water partition coefficient (Wildman–Crippen LogP) is 1.85. The summed E-state index contributed by atoms with van der Waals surface area (Å²) in [6.45, 7) is 2.34. The fraction of sp³-hybridized carbons (Fsp3) is 0.467. The molecule has 0 saturated carbocycles. The number of nitrogens with zero attached hydrogens (tertiary/aromatic N) is 2. The lowest BCUT2D eigenvalue weighted by Crippen LogP contribution is -2.48. The highest BCUT2D eigenvalue weighted by atomic mass is 16.6. The van der Waals surface area contributed by atoms with Crippen molar-refractivity contribution in [3.05, 3.63) is 39.9 Å². The summed E-state index contributed by atoms with van der Waals surface area (Å²) in [5.41, 5.74) is -0.419. The van der Waals surface area contributed by atoms with Gasteiger partial charge in [0.1, 0.15) is 0 Å². The van der Waals surface area contributed by atoms with Gasteiger partial charge in [0.2, 0.25) is 5.91 Å². The van der Waals surface area contributed by atoms with Crippen LogP contribution >= 0.6 is 0 Å². The summed E-state index contributed by atoms with van der Waals surface area (Å²) in [5, 5.41) is 20.0. The van der Waals surface area contributed by atoms with Gasteiger partial charge in [0, 0.05) is 25.2 Å². The number of nitro benzene ring substituents is 1. The molecule has 2 rings (SSSR count). The zero-order valence-electron chi connectivity index (χ0n) is 12.3. The van der Waals surface area contributed by atoms with Gasteiger partial charge in [0.15, 0.2) is 0 Å². The third-order valence-electron chi connectivity index (χ3n) is 4.04. The van der Waals surface area contributed by atoms with Gasteiger partial charge >= 0.3 is 5.97 Å². The highest BCUT2D eigenvalue weighted by Gasteiger charge is 2.39. The van der Waals surface area contributed by atoms with E-state index in [1.165, 1.54) is 23.1 Å². The summed E-state index contributed by atoms with van der Waals surface area (Å²) in [6.07, 6.45) is 1.23. The van der Waals surface area contributed by atoms with Gasteiger partial charge in [-0.2, -0.15) is 0 Å². The third-order valence-corrected chi connectivity index (χ3v) is 4.04. The smallest absolute Gasteiger partial charge is 0.311 e. The van der Waals surface area contributed by atoms with Crippen molar-refractivity contribution in [2.45, 2.75) is 26.2 Å². The van der Waals surface area contributed by atoms with Gasteiger partial charge in [0.05, 0.1) is 16.8 Å². The summed E-state index contributed by atoms with van der Waals surface area (Å²) in [4.78, 5) is 35.4. The number of amides is 1. The van der Waals surface area contributed by atoms with Gasteiger partial charge < -0.3 is 10.0 Å². The Hall–Kier alpha value is -2.44. The minimum Gasteiger partial charge on any atom is -0.481 e. The summed E-state index contributed by atoms with van der Waals surface area (Å²) >= 11 is 0. The van der Waals surface area contributed by atoms with E-state index >= 15 is 0 Å². The minimum atomic E-state index is -0.920. The summed E-state index contributed by atoms with van der Waals surface area (Å²) in [7, 11) is 0. The molecule has 1 amide bonds. The maximum Gasteiger partial charge on any atom is 0.311 e. The molecule has 22 heavy (non-hydrogen) atoms. The molecule has 0 spiro atoms. The number of carboxylic acid groups (broad SMARTS) is 1. The van der Waals surface area contributed by atoms with E-state index in [1.807, 2.05) is 0 Å². The number of non-ortho nitro benzene ring substituents is 1. The summed E-state index contributed by atoms with van der Waals surface area (Å²) < 4.78 is 0. The first-order valence-corrected chi connectivity index (χ1v) is 7.06. The Morgan fingerprint density at radius 1 is 1.45 bits per heavy atom. The van der Waals surface area contributed by atoms with Crippen molar-refractivity contribution in [3.63, 3.8) is 0 Å². The van der Waals surface area contributed by atoms with E-state index in [4.69, 9.17) is 0 Å². The van der Waals surface area contributed by atoms with Crippen LogP contribution in [-0.2, 0) is 16.0 Å². The van der Waals surface area contributed by atoms with Crippen LogP contribution in [0.5, 0.6) is 0 Å². The summed E-state index contributed by atoms with van der Waals surface area (Å²) in [5.74, 6) is -1.10. The van der Waals surface area contributed by atoms with Gasteiger partial charge in [-0.15, -0.1) is 0 Å². The molecule has 0 aromatic heterocycles. The van der Waals surface area contributed by atoms with Crippen LogP contribution in [0.3, 0.4) is 0 Å². The molecular formula is C15H18N2O5. The number of carbonyl (C=O) groups is 2. The number of hydrogen-bond acceptors (Lipinski definition) is 4. The van der Waals surface area contributed by atoms with E-state index in [0.29, 0.717) is 24.9 Å². The van der Waals surface area contributed by atoms with E-state index in [-0.39, 0.29) is 24.6 Å². The Morgan fingerprint density at radius 3 is 2.82 bits per heavy atom. The van der Waals surface area contributed by atoms with E-state index < -0.39 is 16.3 Å². The van der Waals surface area contributed by atoms with Crippen LogP contribution in [0.15, 0.2) is 24.3 Å². The summed E-state index contributed by atoms with van der Waals surface area (Å²) in [6, 6.07) is 5.94. The number of rotatable bonds is 4. The van der Waals surface area contributed by atoms with Gasteiger partial charge in [0.25, 0.3) is 5.69 Å². The minimum absolute atomic E-state index is 0.0391. The molecule has 1 aromatic carbocycles. The molecule has 0 bridgehead atoms. The molecule has 1 aromatic rings. The van der Waals surface area contributed by atoms with Crippen LogP contribution in [0.4, 0.5) is 5.69 Å².